The number of hydrogen-bond acceptors (Lipinski definition) is 4. The van der Waals surface area contributed by atoms with Crippen LogP contribution in [0.5, 0.6) is 0 Å². The van der Waals surface area contributed by atoms with Crippen LogP contribution < -0.4 is 10.6 Å². The highest BCUT2D eigenvalue weighted by Gasteiger charge is 2.29. The second-order valence-electron chi connectivity index (χ2n) is 8.02. The molecule has 0 radical (unpaired) electrons. The molecule has 4 rings (SSSR count). The van der Waals surface area contributed by atoms with E-state index in [0.29, 0.717) is 11.3 Å². The molecule has 1 aliphatic rings. The van der Waals surface area contributed by atoms with E-state index in [-0.39, 0.29) is 18.1 Å². The van der Waals surface area contributed by atoms with Crippen LogP contribution in [0.3, 0.4) is 0 Å². The number of aryl methyl sites for hydroxylation is 1. The number of amides is 2. The van der Waals surface area contributed by atoms with E-state index in [9.17, 15) is 14.4 Å². The van der Waals surface area contributed by atoms with Crippen molar-refractivity contribution in [1.82, 2.24) is 5.32 Å². The SMILES string of the molecule is Cc1cc(C(=O)O)ccc1NC(=O)[C@@H](C)NC(=O)OCC1c2ccccc2-c2ccccc21. The van der Waals surface area contributed by atoms with E-state index in [1.54, 1.807) is 13.8 Å². The summed E-state index contributed by atoms with van der Waals surface area (Å²) in [6, 6.07) is 19.7. The maximum atomic E-state index is 12.5. The number of carbonyl (C=O) groups is 3. The quantitative estimate of drug-likeness (QED) is 0.517. The molecule has 3 N–H and O–H groups in total. The molecule has 0 aliphatic heterocycles. The predicted octanol–water partition coefficient (Wildman–Crippen LogP) is 4.56. The first-order chi connectivity index (χ1) is 15.8. The first kappa shape index (κ1) is 22.1. The van der Waals surface area contributed by atoms with E-state index < -0.39 is 24.0 Å². The van der Waals surface area contributed by atoms with Gasteiger partial charge in [-0.2, -0.15) is 0 Å². The third-order valence-corrected chi connectivity index (χ3v) is 5.80. The van der Waals surface area contributed by atoms with E-state index in [4.69, 9.17) is 9.84 Å². The van der Waals surface area contributed by atoms with Crippen molar-refractivity contribution in [1.29, 1.82) is 0 Å². The van der Waals surface area contributed by atoms with Gasteiger partial charge >= 0.3 is 12.1 Å². The Kier molecular flexibility index (Phi) is 6.13. The number of benzene rings is 3. The van der Waals surface area contributed by atoms with Crippen LogP contribution in [0.15, 0.2) is 66.7 Å². The topological polar surface area (TPSA) is 105 Å². The minimum Gasteiger partial charge on any atom is -0.478 e. The largest absolute Gasteiger partial charge is 0.478 e. The van der Waals surface area contributed by atoms with Gasteiger partial charge in [-0.3, -0.25) is 4.79 Å². The molecule has 0 bridgehead atoms. The van der Waals surface area contributed by atoms with Crippen molar-refractivity contribution < 1.29 is 24.2 Å². The van der Waals surface area contributed by atoms with Crippen LogP contribution in [-0.4, -0.2) is 35.7 Å². The van der Waals surface area contributed by atoms with Gasteiger partial charge in [0.1, 0.15) is 12.6 Å². The molecule has 0 saturated carbocycles. The molecule has 0 unspecified atom stereocenters. The van der Waals surface area contributed by atoms with Crippen LogP contribution in [-0.2, 0) is 9.53 Å². The van der Waals surface area contributed by atoms with Crippen molar-refractivity contribution >= 4 is 23.7 Å². The Morgan fingerprint density at radius 2 is 1.58 bits per heavy atom. The molecule has 3 aromatic carbocycles. The van der Waals surface area contributed by atoms with Gasteiger partial charge < -0.3 is 20.5 Å². The fourth-order valence-corrected chi connectivity index (χ4v) is 4.06. The first-order valence-corrected chi connectivity index (χ1v) is 10.6. The molecule has 33 heavy (non-hydrogen) atoms. The van der Waals surface area contributed by atoms with Gasteiger partial charge in [0.15, 0.2) is 0 Å². The Morgan fingerprint density at radius 3 is 2.15 bits per heavy atom. The fourth-order valence-electron chi connectivity index (χ4n) is 4.06. The molecular formula is C26H24N2O5. The molecule has 0 aromatic heterocycles. The summed E-state index contributed by atoms with van der Waals surface area (Å²) in [6.07, 6.45) is -0.683. The van der Waals surface area contributed by atoms with Crippen LogP contribution in [0.25, 0.3) is 11.1 Å². The highest BCUT2D eigenvalue weighted by molar-refractivity contribution is 5.97. The van der Waals surface area contributed by atoms with Gasteiger partial charge in [0.05, 0.1) is 5.56 Å². The Hall–Kier alpha value is -4.13. The van der Waals surface area contributed by atoms with Crippen molar-refractivity contribution in [2.24, 2.45) is 0 Å². The lowest BCUT2D eigenvalue weighted by Crippen LogP contribution is -2.42. The van der Waals surface area contributed by atoms with Gasteiger partial charge in [0, 0.05) is 11.6 Å². The monoisotopic (exact) mass is 444 g/mol. The van der Waals surface area contributed by atoms with Gasteiger partial charge in [0.25, 0.3) is 0 Å². The molecule has 0 fully saturated rings. The van der Waals surface area contributed by atoms with Gasteiger partial charge in [-0.15, -0.1) is 0 Å². The van der Waals surface area contributed by atoms with Crippen molar-refractivity contribution in [2.75, 3.05) is 11.9 Å². The normalized spacial score (nSPS) is 12.9. The summed E-state index contributed by atoms with van der Waals surface area (Å²) in [4.78, 5) is 36.0. The average molecular weight is 444 g/mol. The summed E-state index contributed by atoms with van der Waals surface area (Å²) in [5, 5.41) is 14.3. The second-order valence-corrected chi connectivity index (χ2v) is 8.02. The van der Waals surface area contributed by atoms with Gasteiger partial charge in [0.2, 0.25) is 5.91 Å². The van der Waals surface area contributed by atoms with Gasteiger partial charge in [-0.1, -0.05) is 48.5 Å². The number of ether oxygens (including phenoxy) is 1. The predicted molar refractivity (Wildman–Crippen MR) is 124 cm³/mol. The standard InChI is InChI=1S/C26H24N2O5/c1-15-13-17(25(30)31)11-12-23(15)28-24(29)16(2)27-26(32)33-14-22-20-9-5-3-7-18(20)19-8-4-6-10-21(19)22/h3-13,16,22H,14H2,1-2H3,(H,27,32)(H,28,29)(H,30,31)/t16-/m1/s1. The fraction of sp³-hybridized carbons (Fsp3) is 0.192. The van der Waals surface area contributed by atoms with Gasteiger partial charge in [-0.25, -0.2) is 9.59 Å². The Bertz CT molecular complexity index is 1190. The van der Waals surface area contributed by atoms with E-state index in [1.165, 1.54) is 18.2 Å². The van der Waals surface area contributed by atoms with Crippen LogP contribution in [0.2, 0.25) is 0 Å². The van der Waals surface area contributed by atoms with Crippen molar-refractivity contribution in [3.8, 4) is 11.1 Å². The number of carboxylic acid groups (broad SMARTS) is 1. The third-order valence-electron chi connectivity index (χ3n) is 5.80. The lowest BCUT2D eigenvalue weighted by molar-refractivity contribution is -0.117. The van der Waals surface area contributed by atoms with Crippen LogP contribution >= 0.6 is 0 Å². The van der Waals surface area contributed by atoms with Crippen molar-refractivity contribution in [2.45, 2.75) is 25.8 Å². The maximum Gasteiger partial charge on any atom is 0.407 e. The van der Waals surface area contributed by atoms with E-state index >= 15 is 0 Å². The zero-order valence-corrected chi connectivity index (χ0v) is 18.3. The van der Waals surface area contributed by atoms with E-state index in [1.807, 2.05) is 36.4 Å². The number of rotatable bonds is 6. The molecule has 1 aliphatic carbocycles. The van der Waals surface area contributed by atoms with Crippen LogP contribution in [0.4, 0.5) is 10.5 Å². The Balaban J connectivity index is 1.36. The lowest BCUT2D eigenvalue weighted by Gasteiger charge is -2.17. The minimum atomic E-state index is -1.04. The molecule has 0 saturated heterocycles. The molecule has 3 aromatic rings. The van der Waals surface area contributed by atoms with Crippen molar-refractivity contribution in [3.05, 3.63) is 89.0 Å². The number of carboxylic acids is 1. The number of alkyl carbamates (subject to hydrolysis) is 1. The highest BCUT2D eigenvalue weighted by Crippen LogP contribution is 2.44. The number of hydrogen-bond donors (Lipinski definition) is 3. The highest BCUT2D eigenvalue weighted by atomic mass is 16.5. The summed E-state index contributed by atoms with van der Waals surface area (Å²) in [5.74, 6) is -1.54. The molecule has 2 amide bonds. The number of fused-ring (bicyclic) bond motifs is 3. The minimum absolute atomic E-state index is 0.0670. The molecule has 7 heteroatoms. The summed E-state index contributed by atoms with van der Waals surface area (Å²) >= 11 is 0. The zero-order valence-electron chi connectivity index (χ0n) is 18.3. The van der Waals surface area contributed by atoms with E-state index in [2.05, 4.69) is 22.8 Å². The number of carbonyl (C=O) groups excluding carboxylic acids is 2. The zero-order chi connectivity index (χ0) is 23.5. The van der Waals surface area contributed by atoms with E-state index in [0.717, 1.165) is 22.3 Å². The summed E-state index contributed by atoms with van der Waals surface area (Å²) < 4.78 is 5.48. The molecule has 1 atom stereocenters. The molecule has 168 valence electrons. The number of aromatic carboxylic acids is 1. The molecule has 7 nitrogen and oxygen atoms in total. The summed E-state index contributed by atoms with van der Waals surface area (Å²) in [7, 11) is 0. The van der Waals surface area contributed by atoms with Crippen molar-refractivity contribution in [3.63, 3.8) is 0 Å². The maximum absolute atomic E-state index is 12.5. The lowest BCUT2D eigenvalue weighted by atomic mass is 9.98. The number of nitrogens with one attached hydrogen (secondary N) is 2. The second kappa shape index (κ2) is 9.16. The molecule has 0 heterocycles. The van der Waals surface area contributed by atoms with Crippen LogP contribution in [0.1, 0.15) is 39.9 Å². The average Bonchev–Trinajstić information content (AvgIpc) is 3.12. The smallest absolute Gasteiger partial charge is 0.407 e. The first-order valence-electron chi connectivity index (χ1n) is 10.6. The third kappa shape index (κ3) is 4.57. The number of anilines is 1. The Morgan fingerprint density at radius 1 is 0.970 bits per heavy atom. The van der Waals surface area contributed by atoms with Crippen LogP contribution in [0, 0.1) is 6.92 Å². The Labute approximate surface area is 191 Å². The molecule has 0 spiro atoms. The summed E-state index contributed by atoms with van der Waals surface area (Å²) in [5.41, 5.74) is 5.71. The summed E-state index contributed by atoms with van der Waals surface area (Å²) in [6.45, 7) is 3.41. The van der Waals surface area contributed by atoms with Gasteiger partial charge in [-0.05, 0) is 59.9 Å². The molecular weight excluding hydrogens is 420 g/mol.